The molecule has 0 atom stereocenters. The molecule has 0 fully saturated rings. The van der Waals surface area contributed by atoms with Gasteiger partial charge in [-0.05, 0) is 18.9 Å². The van der Waals surface area contributed by atoms with Gasteiger partial charge in [-0.3, -0.25) is 0 Å². The summed E-state index contributed by atoms with van der Waals surface area (Å²) in [4.78, 5) is 10.0. The quantitative estimate of drug-likeness (QED) is 0.306. The minimum Gasteiger partial charge on any atom is -0.545 e. The zero-order valence-electron chi connectivity index (χ0n) is 10.1. The third-order valence-electron chi connectivity index (χ3n) is 2.23. The maximum Gasteiger partial charge on any atom is 1.00 e. The molecule has 0 bridgehead atoms. The van der Waals surface area contributed by atoms with Crippen LogP contribution < -0.4 is 56.5 Å². The summed E-state index contributed by atoms with van der Waals surface area (Å²) in [5.74, 6) is -1.09. The first-order valence-electron chi connectivity index (χ1n) is 5.65. The zero-order valence-corrected chi connectivity index (χ0v) is 13.3. The Hall–Kier alpha value is 0.846. The SMILES string of the molecule is CCCCCCCCC/C=C/C(=O)[O-].[K+]. The Balaban J connectivity index is 0. The van der Waals surface area contributed by atoms with E-state index in [2.05, 4.69) is 6.92 Å². The van der Waals surface area contributed by atoms with Crippen molar-refractivity contribution in [1.29, 1.82) is 0 Å². The maximum atomic E-state index is 10.0. The fraction of sp³-hybridized carbons (Fsp3) is 0.750. The van der Waals surface area contributed by atoms with Crippen molar-refractivity contribution >= 4 is 5.97 Å². The molecule has 0 spiro atoms. The van der Waals surface area contributed by atoms with Crippen LogP contribution in [0.1, 0.15) is 58.3 Å². The zero-order chi connectivity index (χ0) is 10.6. The van der Waals surface area contributed by atoms with Crippen LogP contribution in [-0.2, 0) is 4.79 Å². The van der Waals surface area contributed by atoms with E-state index in [0.717, 1.165) is 18.9 Å². The molecule has 0 rings (SSSR count). The normalized spacial score (nSPS) is 10.2. The average Bonchev–Trinajstić information content (AvgIpc) is 2.15. The monoisotopic (exact) mass is 236 g/mol. The Bertz CT molecular complexity index is 167. The summed E-state index contributed by atoms with van der Waals surface area (Å²) in [6, 6.07) is 0. The van der Waals surface area contributed by atoms with Crippen LogP contribution in [0.25, 0.3) is 0 Å². The van der Waals surface area contributed by atoms with Crippen LogP contribution in [0.15, 0.2) is 12.2 Å². The van der Waals surface area contributed by atoms with Crippen molar-refractivity contribution in [1.82, 2.24) is 0 Å². The van der Waals surface area contributed by atoms with E-state index in [1.165, 1.54) is 38.5 Å². The predicted octanol–water partition coefficient (Wildman–Crippen LogP) is -0.563. The molecule has 0 aliphatic carbocycles. The molecule has 0 radical (unpaired) electrons. The third-order valence-corrected chi connectivity index (χ3v) is 2.23. The molecule has 0 aromatic carbocycles. The van der Waals surface area contributed by atoms with Gasteiger partial charge in [0.1, 0.15) is 0 Å². The van der Waals surface area contributed by atoms with Crippen LogP contribution in [0.5, 0.6) is 0 Å². The van der Waals surface area contributed by atoms with Gasteiger partial charge in [0.15, 0.2) is 0 Å². The van der Waals surface area contributed by atoms with Crippen molar-refractivity contribution in [3.05, 3.63) is 12.2 Å². The largest absolute Gasteiger partial charge is 1.00 e. The van der Waals surface area contributed by atoms with Gasteiger partial charge >= 0.3 is 51.4 Å². The number of carboxylic acids is 1. The fourth-order valence-corrected chi connectivity index (χ4v) is 1.40. The van der Waals surface area contributed by atoms with E-state index in [9.17, 15) is 9.90 Å². The molecule has 3 heteroatoms. The Labute approximate surface area is 136 Å². The Morgan fingerprint density at radius 3 is 2.13 bits per heavy atom. The first-order chi connectivity index (χ1) is 6.77. The minimum absolute atomic E-state index is 0. The summed E-state index contributed by atoms with van der Waals surface area (Å²) in [6.07, 6.45) is 12.5. The molecule has 15 heavy (non-hydrogen) atoms. The van der Waals surface area contributed by atoms with Gasteiger partial charge in [-0.1, -0.05) is 51.5 Å². The molecule has 0 amide bonds. The molecule has 0 aliphatic heterocycles. The van der Waals surface area contributed by atoms with E-state index in [0.29, 0.717) is 0 Å². The number of carboxylic acid groups (broad SMARTS) is 1. The summed E-state index contributed by atoms with van der Waals surface area (Å²) in [7, 11) is 0. The van der Waals surface area contributed by atoms with Crippen molar-refractivity contribution in [2.24, 2.45) is 0 Å². The van der Waals surface area contributed by atoms with Crippen molar-refractivity contribution in [2.45, 2.75) is 58.3 Å². The van der Waals surface area contributed by atoms with Crippen molar-refractivity contribution < 1.29 is 61.3 Å². The number of rotatable bonds is 9. The van der Waals surface area contributed by atoms with Gasteiger partial charge in [-0.25, -0.2) is 0 Å². The number of allylic oxidation sites excluding steroid dienone is 1. The minimum atomic E-state index is -1.09. The van der Waals surface area contributed by atoms with Gasteiger partial charge in [0, 0.05) is 0 Å². The maximum absolute atomic E-state index is 10.0. The Morgan fingerprint density at radius 1 is 1.07 bits per heavy atom. The van der Waals surface area contributed by atoms with Crippen LogP contribution >= 0.6 is 0 Å². The number of aliphatic carboxylic acids is 1. The topological polar surface area (TPSA) is 40.1 Å². The molecule has 2 nitrogen and oxygen atoms in total. The fourth-order valence-electron chi connectivity index (χ4n) is 1.40. The number of carbonyl (C=O) groups is 1. The van der Waals surface area contributed by atoms with E-state index in [4.69, 9.17) is 0 Å². The van der Waals surface area contributed by atoms with E-state index in [1.54, 1.807) is 6.08 Å². The molecule has 0 unspecified atom stereocenters. The summed E-state index contributed by atoms with van der Waals surface area (Å²) in [5.41, 5.74) is 0. The van der Waals surface area contributed by atoms with Gasteiger partial charge in [-0.15, -0.1) is 0 Å². The first-order valence-corrected chi connectivity index (χ1v) is 5.65. The van der Waals surface area contributed by atoms with Crippen LogP contribution in [0.2, 0.25) is 0 Å². The third kappa shape index (κ3) is 17.5. The van der Waals surface area contributed by atoms with Gasteiger partial charge in [0.25, 0.3) is 0 Å². The molecular formula is C12H21KO2. The molecule has 0 saturated heterocycles. The first kappa shape index (κ1) is 18.2. The Kier molecular flexibility index (Phi) is 18.0. The molecule has 0 aromatic rings. The van der Waals surface area contributed by atoms with E-state index < -0.39 is 5.97 Å². The average molecular weight is 236 g/mol. The van der Waals surface area contributed by atoms with Crippen molar-refractivity contribution in [3.8, 4) is 0 Å². The number of hydrogen-bond acceptors (Lipinski definition) is 2. The summed E-state index contributed by atoms with van der Waals surface area (Å²) < 4.78 is 0. The summed E-state index contributed by atoms with van der Waals surface area (Å²) in [6.45, 7) is 2.21. The summed E-state index contributed by atoms with van der Waals surface area (Å²) in [5, 5.41) is 10.0. The van der Waals surface area contributed by atoms with Gasteiger partial charge in [-0.2, -0.15) is 0 Å². The van der Waals surface area contributed by atoms with Crippen molar-refractivity contribution in [3.63, 3.8) is 0 Å². The molecule has 0 heterocycles. The van der Waals surface area contributed by atoms with E-state index >= 15 is 0 Å². The molecule has 0 aromatic heterocycles. The van der Waals surface area contributed by atoms with Crippen LogP contribution in [0.4, 0.5) is 0 Å². The molecule has 0 N–H and O–H groups in total. The van der Waals surface area contributed by atoms with Crippen molar-refractivity contribution in [2.75, 3.05) is 0 Å². The second-order valence-electron chi connectivity index (χ2n) is 3.63. The van der Waals surface area contributed by atoms with Crippen LogP contribution in [-0.4, -0.2) is 5.97 Å². The second-order valence-corrected chi connectivity index (χ2v) is 3.63. The molecule has 82 valence electrons. The molecule has 0 aliphatic rings. The Morgan fingerprint density at radius 2 is 1.60 bits per heavy atom. The van der Waals surface area contributed by atoms with Gasteiger partial charge in [0.2, 0.25) is 0 Å². The van der Waals surface area contributed by atoms with Gasteiger partial charge < -0.3 is 9.90 Å². The molecular weight excluding hydrogens is 215 g/mol. The standard InChI is InChI=1S/C12H22O2.K/c1-2-3-4-5-6-7-8-9-10-11-12(13)14;/h10-11H,2-9H2,1H3,(H,13,14);/q;+1/p-1/b11-10+;. The number of carbonyl (C=O) groups excluding carboxylic acids is 1. The molecule has 0 saturated carbocycles. The van der Waals surface area contributed by atoms with E-state index in [1.807, 2.05) is 0 Å². The van der Waals surface area contributed by atoms with Gasteiger partial charge in [0.05, 0.1) is 5.97 Å². The van der Waals surface area contributed by atoms with E-state index in [-0.39, 0.29) is 51.4 Å². The van der Waals surface area contributed by atoms with Crippen LogP contribution in [0, 0.1) is 0 Å². The predicted molar refractivity (Wildman–Crippen MR) is 56.8 cm³/mol. The number of unbranched alkanes of at least 4 members (excludes halogenated alkanes) is 7. The number of hydrogen-bond donors (Lipinski definition) is 0. The van der Waals surface area contributed by atoms with Crippen LogP contribution in [0.3, 0.4) is 0 Å². The second kappa shape index (κ2) is 14.8. The summed E-state index contributed by atoms with van der Waals surface area (Å²) >= 11 is 0. The smallest absolute Gasteiger partial charge is 0.545 e.